The summed E-state index contributed by atoms with van der Waals surface area (Å²) in [4.78, 5) is 11.5. The zero-order chi connectivity index (χ0) is 12.3. The molecule has 16 heavy (non-hydrogen) atoms. The number of halogens is 2. The zero-order valence-corrected chi connectivity index (χ0v) is 10.1. The topological polar surface area (TPSA) is 51.2 Å². The van der Waals surface area contributed by atoms with Crippen molar-refractivity contribution in [1.82, 2.24) is 0 Å². The third kappa shape index (κ3) is 3.57. The maximum absolute atomic E-state index is 13.0. The molecule has 0 N–H and O–H groups in total. The molecule has 1 aromatic carbocycles. The molecule has 0 saturated carbocycles. The molecule has 0 spiro atoms. The first-order chi connectivity index (χ1) is 7.31. The quantitative estimate of drug-likeness (QED) is 0.783. The fourth-order valence-electron chi connectivity index (χ4n) is 1.13. The standard InChI is InChI=1S/C10H10ClFO3S/c1-16(14,15)6-5-9(13)7-3-2-4-8(12)10(7)11/h2-4H,5-6H2,1H3. The van der Waals surface area contributed by atoms with Crippen molar-refractivity contribution in [3.8, 4) is 0 Å². The van der Waals surface area contributed by atoms with E-state index in [1.165, 1.54) is 12.1 Å². The Kier molecular flexibility index (Phi) is 4.04. The zero-order valence-electron chi connectivity index (χ0n) is 8.54. The Balaban J connectivity index is 2.86. The predicted molar refractivity (Wildman–Crippen MR) is 60.1 cm³/mol. The van der Waals surface area contributed by atoms with Gasteiger partial charge in [0.1, 0.15) is 15.7 Å². The summed E-state index contributed by atoms with van der Waals surface area (Å²) in [6.45, 7) is 0. The van der Waals surface area contributed by atoms with Crippen LogP contribution in [0.1, 0.15) is 16.8 Å². The van der Waals surface area contributed by atoms with Crippen LogP contribution in [-0.2, 0) is 9.84 Å². The van der Waals surface area contributed by atoms with E-state index in [0.29, 0.717) is 0 Å². The number of rotatable bonds is 4. The smallest absolute Gasteiger partial charge is 0.165 e. The summed E-state index contributed by atoms with van der Waals surface area (Å²) < 4.78 is 34.7. The van der Waals surface area contributed by atoms with E-state index in [2.05, 4.69) is 0 Å². The van der Waals surface area contributed by atoms with Gasteiger partial charge in [-0.1, -0.05) is 17.7 Å². The molecular formula is C10H10ClFO3S. The van der Waals surface area contributed by atoms with Gasteiger partial charge in [0.25, 0.3) is 0 Å². The minimum Gasteiger partial charge on any atom is -0.294 e. The second-order valence-electron chi connectivity index (χ2n) is 3.40. The Morgan fingerprint density at radius 3 is 2.62 bits per heavy atom. The Bertz CT molecular complexity index is 511. The maximum Gasteiger partial charge on any atom is 0.165 e. The highest BCUT2D eigenvalue weighted by Gasteiger charge is 2.15. The second kappa shape index (κ2) is 4.93. The van der Waals surface area contributed by atoms with Gasteiger partial charge in [-0.3, -0.25) is 4.79 Å². The summed E-state index contributed by atoms with van der Waals surface area (Å²) in [7, 11) is -3.21. The molecule has 0 amide bonds. The van der Waals surface area contributed by atoms with Crippen LogP contribution >= 0.6 is 11.6 Å². The third-order valence-corrected chi connectivity index (χ3v) is 3.28. The highest BCUT2D eigenvalue weighted by atomic mass is 35.5. The summed E-state index contributed by atoms with van der Waals surface area (Å²) in [5.74, 6) is -1.43. The van der Waals surface area contributed by atoms with E-state index < -0.39 is 21.4 Å². The predicted octanol–water partition coefficient (Wildman–Crippen LogP) is 2.10. The highest BCUT2D eigenvalue weighted by molar-refractivity contribution is 7.90. The normalized spacial score (nSPS) is 11.4. The summed E-state index contributed by atoms with van der Waals surface area (Å²) in [6, 6.07) is 3.86. The lowest BCUT2D eigenvalue weighted by atomic mass is 10.1. The average molecular weight is 265 g/mol. The molecule has 1 rings (SSSR count). The SMILES string of the molecule is CS(=O)(=O)CCC(=O)c1cccc(F)c1Cl. The molecule has 6 heteroatoms. The largest absolute Gasteiger partial charge is 0.294 e. The number of carbonyl (C=O) groups is 1. The Morgan fingerprint density at radius 2 is 2.06 bits per heavy atom. The number of Topliss-reactive ketones (excluding diaryl/α,β-unsaturated/α-hetero) is 1. The minimum atomic E-state index is -3.21. The van der Waals surface area contributed by atoms with Crippen LogP contribution in [0.4, 0.5) is 4.39 Å². The molecule has 0 aliphatic heterocycles. The van der Waals surface area contributed by atoms with Crippen molar-refractivity contribution in [1.29, 1.82) is 0 Å². The molecule has 0 bridgehead atoms. The Hall–Kier alpha value is -0.940. The molecule has 0 radical (unpaired) electrons. The van der Waals surface area contributed by atoms with E-state index >= 15 is 0 Å². The summed E-state index contributed by atoms with van der Waals surface area (Å²) in [6.07, 6.45) is 0.843. The number of ketones is 1. The molecule has 0 fully saturated rings. The lowest BCUT2D eigenvalue weighted by Gasteiger charge is -2.03. The average Bonchev–Trinajstić information content (AvgIpc) is 2.17. The van der Waals surface area contributed by atoms with Crippen molar-refractivity contribution in [2.75, 3.05) is 12.0 Å². The first-order valence-corrected chi connectivity index (χ1v) is 6.90. The number of carbonyl (C=O) groups excluding carboxylic acids is 1. The number of benzene rings is 1. The first kappa shape index (κ1) is 13.1. The van der Waals surface area contributed by atoms with Crippen LogP contribution in [0.5, 0.6) is 0 Å². The Morgan fingerprint density at radius 1 is 1.44 bits per heavy atom. The fraction of sp³-hybridized carbons (Fsp3) is 0.300. The van der Waals surface area contributed by atoms with Gasteiger partial charge in [-0.2, -0.15) is 0 Å². The van der Waals surface area contributed by atoms with Crippen LogP contribution in [0.2, 0.25) is 5.02 Å². The van der Waals surface area contributed by atoms with E-state index in [1.807, 2.05) is 0 Å². The van der Waals surface area contributed by atoms with E-state index in [1.54, 1.807) is 0 Å². The van der Waals surface area contributed by atoms with Crippen LogP contribution < -0.4 is 0 Å². The van der Waals surface area contributed by atoms with Crippen molar-refractivity contribution in [3.63, 3.8) is 0 Å². The van der Waals surface area contributed by atoms with Crippen LogP contribution in [0, 0.1) is 5.82 Å². The molecule has 3 nitrogen and oxygen atoms in total. The highest BCUT2D eigenvalue weighted by Crippen LogP contribution is 2.21. The van der Waals surface area contributed by atoms with Gasteiger partial charge in [0.15, 0.2) is 5.78 Å². The molecule has 0 heterocycles. The monoisotopic (exact) mass is 264 g/mol. The molecule has 0 atom stereocenters. The fourth-order valence-corrected chi connectivity index (χ4v) is 1.92. The van der Waals surface area contributed by atoms with E-state index in [-0.39, 0.29) is 22.8 Å². The van der Waals surface area contributed by atoms with Crippen molar-refractivity contribution in [2.45, 2.75) is 6.42 Å². The minimum absolute atomic E-state index is 0.0188. The Labute approximate surface area is 98.1 Å². The summed E-state index contributed by atoms with van der Waals surface area (Å²) >= 11 is 5.59. The van der Waals surface area contributed by atoms with Gasteiger partial charge in [0.05, 0.1) is 10.8 Å². The summed E-state index contributed by atoms with van der Waals surface area (Å²) in [5.41, 5.74) is 0.0188. The molecule has 88 valence electrons. The van der Waals surface area contributed by atoms with Crippen molar-refractivity contribution >= 4 is 27.2 Å². The van der Waals surface area contributed by atoms with Gasteiger partial charge in [-0.15, -0.1) is 0 Å². The first-order valence-electron chi connectivity index (χ1n) is 4.46. The second-order valence-corrected chi connectivity index (χ2v) is 6.04. The van der Waals surface area contributed by atoms with Crippen molar-refractivity contribution < 1.29 is 17.6 Å². The van der Waals surface area contributed by atoms with Gasteiger partial charge < -0.3 is 0 Å². The molecule has 0 aliphatic rings. The summed E-state index contributed by atoms with van der Waals surface area (Å²) in [5, 5.41) is -0.263. The van der Waals surface area contributed by atoms with Crippen LogP contribution in [0.25, 0.3) is 0 Å². The lowest BCUT2D eigenvalue weighted by molar-refractivity contribution is 0.0988. The molecular weight excluding hydrogens is 255 g/mol. The van der Waals surface area contributed by atoms with Gasteiger partial charge in [-0.05, 0) is 12.1 Å². The van der Waals surface area contributed by atoms with Gasteiger partial charge in [0.2, 0.25) is 0 Å². The molecule has 0 aromatic heterocycles. The van der Waals surface area contributed by atoms with Gasteiger partial charge in [-0.25, -0.2) is 12.8 Å². The number of sulfone groups is 1. The molecule has 0 aliphatic carbocycles. The molecule has 0 unspecified atom stereocenters. The van der Waals surface area contributed by atoms with E-state index in [9.17, 15) is 17.6 Å². The van der Waals surface area contributed by atoms with Crippen molar-refractivity contribution in [2.24, 2.45) is 0 Å². The van der Waals surface area contributed by atoms with Crippen molar-refractivity contribution in [3.05, 3.63) is 34.6 Å². The van der Waals surface area contributed by atoms with Crippen LogP contribution in [-0.4, -0.2) is 26.2 Å². The third-order valence-electron chi connectivity index (χ3n) is 1.95. The maximum atomic E-state index is 13.0. The molecule has 1 aromatic rings. The van der Waals surface area contributed by atoms with E-state index in [4.69, 9.17) is 11.6 Å². The van der Waals surface area contributed by atoms with Gasteiger partial charge >= 0.3 is 0 Å². The van der Waals surface area contributed by atoms with Crippen LogP contribution in [0.15, 0.2) is 18.2 Å². The van der Waals surface area contributed by atoms with Gasteiger partial charge in [0, 0.05) is 18.2 Å². The van der Waals surface area contributed by atoms with Crippen LogP contribution in [0.3, 0.4) is 0 Å². The number of hydrogen-bond acceptors (Lipinski definition) is 3. The number of hydrogen-bond donors (Lipinski definition) is 0. The molecule has 0 saturated heterocycles. The van der Waals surface area contributed by atoms with E-state index in [0.717, 1.165) is 12.3 Å². The lowest BCUT2D eigenvalue weighted by Crippen LogP contribution is -2.10.